The van der Waals surface area contributed by atoms with Gasteiger partial charge in [0, 0.05) is 29.7 Å². The van der Waals surface area contributed by atoms with Crippen molar-refractivity contribution in [3.8, 4) is 11.6 Å². The highest BCUT2D eigenvalue weighted by Crippen LogP contribution is 2.22. The summed E-state index contributed by atoms with van der Waals surface area (Å²) in [7, 11) is 0. The quantitative estimate of drug-likeness (QED) is 0.665. The molecule has 3 rings (SSSR count). The molecule has 2 N–H and O–H groups in total. The number of imidazole rings is 1. The lowest BCUT2D eigenvalue weighted by Gasteiger charge is -2.09. The minimum atomic E-state index is -0.973. The first-order valence-corrected chi connectivity index (χ1v) is 8.22. The van der Waals surface area contributed by atoms with Crippen LogP contribution in [0.3, 0.4) is 0 Å². The number of aliphatic carboxylic acids is 1. The molecule has 0 spiro atoms. The number of nitrogens with zero attached hydrogens (tertiary/aromatic N) is 3. The zero-order valence-electron chi connectivity index (χ0n) is 14.6. The van der Waals surface area contributed by atoms with Crippen LogP contribution in [0.25, 0.3) is 0 Å². The number of aryl methyl sites for hydroxylation is 1. The molecule has 27 heavy (non-hydrogen) atoms. The number of hydrogen-bond donors (Lipinski definition) is 2. The maximum absolute atomic E-state index is 12.3. The van der Waals surface area contributed by atoms with Crippen LogP contribution in [0.1, 0.15) is 21.7 Å². The standard InChI is InChI=1S/C19H18N4O4/c1-13-3-2-8-21-19(13)27-15-6-4-14(5-7-15)18(26)22-11-16-20-9-10-23(16)12-17(24)25/h2-10H,11-12H2,1H3,(H,22,26)(H,24,25). The summed E-state index contributed by atoms with van der Waals surface area (Å²) < 4.78 is 7.17. The Hall–Kier alpha value is -3.68. The van der Waals surface area contributed by atoms with E-state index in [1.54, 1.807) is 36.7 Å². The van der Waals surface area contributed by atoms with Gasteiger partial charge >= 0.3 is 5.97 Å². The van der Waals surface area contributed by atoms with Crippen LogP contribution in [-0.2, 0) is 17.9 Å². The Morgan fingerprint density at radius 1 is 1.15 bits per heavy atom. The number of carbonyl (C=O) groups excluding carboxylic acids is 1. The Morgan fingerprint density at radius 3 is 2.63 bits per heavy atom. The molecule has 0 unspecified atom stereocenters. The number of rotatable bonds is 7. The van der Waals surface area contributed by atoms with Crippen molar-refractivity contribution in [3.63, 3.8) is 0 Å². The van der Waals surface area contributed by atoms with Crippen molar-refractivity contribution in [2.45, 2.75) is 20.0 Å². The zero-order valence-corrected chi connectivity index (χ0v) is 14.6. The molecule has 8 heteroatoms. The zero-order chi connectivity index (χ0) is 19.2. The van der Waals surface area contributed by atoms with Gasteiger partial charge in [-0.05, 0) is 37.3 Å². The summed E-state index contributed by atoms with van der Waals surface area (Å²) in [6, 6.07) is 10.4. The summed E-state index contributed by atoms with van der Waals surface area (Å²) in [6.45, 7) is 1.83. The van der Waals surface area contributed by atoms with Gasteiger partial charge in [-0.15, -0.1) is 0 Å². The summed E-state index contributed by atoms with van der Waals surface area (Å²) in [4.78, 5) is 31.3. The molecule has 0 radical (unpaired) electrons. The number of benzene rings is 1. The van der Waals surface area contributed by atoms with Gasteiger partial charge in [0.15, 0.2) is 0 Å². The van der Waals surface area contributed by atoms with Crippen LogP contribution in [0, 0.1) is 6.92 Å². The first-order valence-electron chi connectivity index (χ1n) is 8.22. The van der Waals surface area contributed by atoms with Gasteiger partial charge in [0.25, 0.3) is 5.91 Å². The average Bonchev–Trinajstić information content (AvgIpc) is 3.08. The monoisotopic (exact) mass is 366 g/mol. The lowest BCUT2D eigenvalue weighted by atomic mass is 10.2. The third-order valence-electron chi connectivity index (χ3n) is 3.81. The lowest BCUT2D eigenvalue weighted by Crippen LogP contribution is -2.25. The van der Waals surface area contributed by atoms with E-state index in [9.17, 15) is 9.59 Å². The lowest BCUT2D eigenvalue weighted by molar-refractivity contribution is -0.137. The predicted molar refractivity (Wildman–Crippen MR) is 96.5 cm³/mol. The molecule has 0 atom stereocenters. The van der Waals surface area contributed by atoms with Crippen LogP contribution in [-0.4, -0.2) is 31.5 Å². The summed E-state index contributed by atoms with van der Waals surface area (Å²) in [6.07, 6.45) is 4.70. The molecule has 0 aliphatic carbocycles. The fraction of sp³-hybridized carbons (Fsp3) is 0.158. The molecule has 0 aliphatic rings. The SMILES string of the molecule is Cc1cccnc1Oc1ccc(C(=O)NCc2nccn2CC(=O)O)cc1. The number of pyridine rings is 1. The van der Waals surface area contributed by atoms with Crippen molar-refractivity contribution >= 4 is 11.9 Å². The summed E-state index contributed by atoms with van der Waals surface area (Å²) >= 11 is 0. The van der Waals surface area contributed by atoms with Crippen LogP contribution in [0.2, 0.25) is 0 Å². The fourth-order valence-corrected chi connectivity index (χ4v) is 2.42. The van der Waals surface area contributed by atoms with Gasteiger partial charge in [-0.1, -0.05) is 6.07 Å². The second-order valence-electron chi connectivity index (χ2n) is 5.80. The topological polar surface area (TPSA) is 106 Å². The van der Waals surface area contributed by atoms with Gasteiger partial charge in [0.2, 0.25) is 5.88 Å². The van der Waals surface area contributed by atoms with E-state index in [0.29, 0.717) is 23.0 Å². The van der Waals surface area contributed by atoms with Crippen molar-refractivity contribution < 1.29 is 19.4 Å². The van der Waals surface area contributed by atoms with E-state index >= 15 is 0 Å². The minimum Gasteiger partial charge on any atom is -0.480 e. The van der Waals surface area contributed by atoms with E-state index < -0.39 is 5.97 Å². The van der Waals surface area contributed by atoms with Crippen molar-refractivity contribution in [2.24, 2.45) is 0 Å². The molecule has 0 saturated carbocycles. The number of carboxylic acids is 1. The maximum Gasteiger partial charge on any atom is 0.323 e. The molecule has 0 fully saturated rings. The Bertz CT molecular complexity index is 950. The van der Waals surface area contributed by atoms with Crippen molar-refractivity contribution in [2.75, 3.05) is 0 Å². The molecule has 2 aromatic heterocycles. The van der Waals surface area contributed by atoms with Crippen molar-refractivity contribution in [1.29, 1.82) is 0 Å². The van der Waals surface area contributed by atoms with E-state index in [1.807, 2.05) is 19.1 Å². The van der Waals surface area contributed by atoms with Crippen LogP contribution in [0.15, 0.2) is 55.0 Å². The summed E-state index contributed by atoms with van der Waals surface area (Å²) in [5, 5.41) is 11.6. The molecule has 0 saturated heterocycles. The molecule has 0 aliphatic heterocycles. The smallest absolute Gasteiger partial charge is 0.323 e. The number of nitrogens with one attached hydrogen (secondary N) is 1. The average molecular weight is 366 g/mol. The Kier molecular flexibility index (Phi) is 5.46. The van der Waals surface area contributed by atoms with Crippen molar-refractivity contribution in [3.05, 3.63) is 71.9 Å². The first kappa shape index (κ1) is 18.1. The number of aromatic nitrogens is 3. The summed E-state index contributed by atoms with van der Waals surface area (Å²) in [5.41, 5.74) is 1.37. The van der Waals surface area contributed by atoms with E-state index in [-0.39, 0.29) is 19.0 Å². The molecule has 138 valence electrons. The highest BCUT2D eigenvalue weighted by Gasteiger charge is 2.10. The molecule has 3 aromatic rings. The molecule has 8 nitrogen and oxygen atoms in total. The van der Waals surface area contributed by atoms with E-state index in [2.05, 4.69) is 15.3 Å². The molecule has 1 amide bonds. The molecular formula is C19H18N4O4. The third kappa shape index (κ3) is 4.69. The number of carboxylic acid groups (broad SMARTS) is 1. The Morgan fingerprint density at radius 2 is 1.93 bits per heavy atom. The van der Waals surface area contributed by atoms with E-state index in [0.717, 1.165) is 5.56 Å². The largest absolute Gasteiger partial charge is 0.480 e. The molecular weight excluding hydrogens is 348 g/mol. The van der Waals surface area contributed by atoms with Gasteiger partial charge in [-0.3, -0.25) is 9.59 Å². The fourth-order valence-electron chi connectivity index (χ4n) is 2.42. The number of amides is 1. The second kappa shape index (κ2) is 8.13. The van der Waals surface area contributed by atoms with Crippen molar-refractivity contribution in [1.82, 2.24) is 19.9 Å². The van der Waals surface area contributed by atoms with Crippen LogP contribution < -0.4 is 10.1 Å². The predicted octanol–water partition coefficient (Wildman–Crippen LogP) is 2.39. The Balaban J connectivity index is 1.60. The van der Waals surface area contributed by atoms with Crippen LogP contribution >= 0.6 is 0 Å². The first-order chi connectivity index (χ1) is 13.0. The highest BCUT2D eigenvalue weighted by molar-refractivity contribution is 5.94. The maximum atomic E-state index is 12.3. The Labute approximate surface area is 155 Å². The van der Waals surface area contributed by atoms with Gasteiger partial charge in [0.1, 0.15) is 18.1 Å². The highest BCUT2D eigenvalue weighted by atomic mass is 16.5. The van der Waals surface area contributed by atoms with E-state index in [4.69, 9.17) is 9.84 Å². The number of carbonyl (C=O) groups is 2. The summed E-state index contributed by atoms with van der Waals surface area (Å²) in [5.74, 6) is 0.293. The second-order valence-corrected chi connectivity index (χ2v) is 5.80. The van der Waals surface area contributed by atoms with Crippen LogP contribution in [0.5, 0.6) is 11.6 Å². The third-order valence-corrected chi connectivity index (χ3v) is 3.81. The molecule has 1 aromatic carbocycles. The number of hydrogen-bond acceptors (Lipinski definition) is 5. The van der Waals surface area contributed by atoms with Gasteiger partial charge in [-0.2, -0.15) is 0 Å². The van der Waals surface area contributed by atoms with Gasteiger partial charge in [0.05, 0.1) is 6.54 Å². The van der Waals surface area contributed by atoms with E-state index in [1.165, 1.54) is 10.8 Å². The molecule has 2 heterocycles. The minimum absolute atomic E-state index is 0.129. The number of ether oxygens (including phenoxy) is 1. The van der Waals surface area contributed by atoms with Gasteiger partial charge in [-0.25, -0.2) is 9.97 Å². The normalized spacial score (nSPS) is 10.4. The van der Waals surface area contributed by atoms with Crippen LogP contribution in [0.4, 0.5) is 0 Å². The van der Waals surface area contributed by atoms with Gasteiger partial charge < -0.3 is 19.7 Å². The molecule has 0 bridgehead atoms.